The maximum Gasteiger partial charge on any atom is 0.522 e. The van der Waals surface area contributed by atoms with Gasteiger partial charge in [-0.2, -0.15) is 21.6 Å². The fourth-order valence-corrected chi connectivity index (χ4v) is 5.94. The number of hydrogen-bond acceptors (Lipinski definition) is 2. The molecule has 0 bridgehead atoms. The van der Waals surface area contributed by atoms with Crippen molar-refractivity contribution in [1.82, 2.24) is 0 Å². The molecule has 0 unspecified atom stereocenters. The van der Waals surface area contributed by atoms with Gasteiger partial charge in [-0.1, -0.05) is 132 Å². The minimum Gasteiger partial charge on any atom is -0.279 e. The van der Waals surface area contributed by atoms with E-state index in [0.29, 0.717) is 0 Å². The highest BCUT2D eigenvalue weighted by atomic mass is 32.2. The first-order valence-electron chi connectivity index (χ1n) is 14.3. The van der Waals surface area contributed by atoms with Crippen LogP contribution in [0.2, 0.25) is 0 Å². The molecule has 45 heavy (non-hydrogen) atoms. The van der Waals surface area contributed by atoms with Crippen molar-refractivity contribution in [3.8, 4) is 33.4 Å². The Morgan fingerprint density at radius 1 is 0.489 bits per heavy atom. The highest BCUT2D eigenvalue weighted by Gasteiger charge is 2.44. The Kier molecular flexibility index (Phi) is 7.63. The van der Waals surface area contributed by atoms with E-state index < -0.39 is 15.6 Å². The van der Waals surface area contributed by atoms with Gasteiger partial charge in [0, 0.05) is 0 Å². The van der Waals surface area contributed by atoms with Gasteiger partial charge in [0.15, 0.2) is 0 Å². The summed E-state index contributed by atoms with van der Waals surface area (Å²) in [5.74, 6) is 0. The molecule has 0 aromatic heterocycles. The third-order valence-corrected chi connectivity index (χ3v) is 8.71. The lowest BCUT2D eigenvalue weighted by Crippen LogP contribution is -2.21. The Bertz CT molecular complexity index is 2160. The molecule has 0 saturated carbocycles. The van der Waals surface area contributed by atoms with Gasteiger partial charge >= 0.3 is 15.6 Å². The average Bonchev–Trinajstić information content (AvgIpc) is 3.00. The normalized spacial score (nSPS) is 12.1. The van der Waals surface area contributed by atoms with E-state index in [0.717, 1.165) is 0 Å². The molecular formula is C38H29F3O3S. The molecule has 7 aromatic rings. The van der Waals surface area contributed by atoms with Crippen LogP contribution in [0.1, 0.15) is 16.7 Å². The summed E-state index contributed by atoms with van der Waals surface area (Å²) >= 11 is 0. The van der Waals surface area contributed by atoms with Gasteiger partial charge in [-0.25, -0.2) is 0 Å². The topological polar surface area (TPSA) is 54.4 Å². The molecule has 0 amide bonds. The highest BCUT2D eigenvalue weighted by molar-refractivity contribution is 7.86. The Morgan fingerprint density at radius 3 is 1.16 bits per heavy atom. The van der Waals surface area contributed by atoms with Crippen LogP contribution in [0, 0.1) is 20.8 Å². The second kappa shape index (κ2) is 11.3. The zero-order chi connectivity index (χ0) is 32.1. The van der Waals surface area contributed by atoms with Gasteiger partial charge in [-0.05, 0) is 86.5 Å². The molecule has 0 atom stereocenters. The van der Waals surface area contributed by atoms with E-state index in [-0.39, 0.29) is 0 Å². The molecule has 0 saturated heterocycles. The standard InChI is InChI=1S/C37H28.CHF3O3S/c1-23-7-13-28(14-8-23)34-31-21-19-26-5-4-6-27-20-22-32(37(31)33(26)27)35(29-15-9-24(2)10-16-29)36(34)30-17-11-25(3)12-18-30;2-1(3,4)8(5,6)7/h4-22H,1-3H3;(H,5,6,7). The fraction of sp³-hybridized carbons (Fsp3) is 0.105. The second-order valence-electron chi connectivity index (χ2n) is 11.3. The molecule has 7 rings (SSSR count). The third-order valence-electron chi connectivity index (χ3n) is 8.13. The average molecular weight is 623 g/mol. The van der Waals surface area contributed by atoms with Crippen LogP contribution in [-0.2, 0) is 10.1 Å². The van der Waals surface area contributed by atoms with Gasteiger partial charge < -0.3 is 0 Å². The molecule has 0 aliphatic carbocycles. The van der Waals surface area contributed by atoms with Gasteiger partial charge in [-0.3, -0.25) is 4.55 Å². The fourth-order valence-electron chi connectivity index (χ4n) is 5.94. The predicted octanol–water partition coefficient (Wildman–Crippen LogP) is 10.9. The van der Waals surface area contributed by atoms with Crippen molar-refractivity contribution in [2.24, 2.45) is 0 Å². The SMILES string of the molecule is Cc1ccc(-c2c(-c3ccc(C)cc3)c3ccc4cccc5ccc(c2-c2ccc(C)cc2)c3c45)cc1.O=S(=O)(O)C(F)(F)F. The van der Waals surface area contributed by atoms with Crippen LogP contribution in [0.5, 0.6) is 0 Å². The molecule has 0 fully saturated rings. The second-order valence-corrected chi connectivity index (χ2v) is 12.7. The summed E-state index contributed by atoms with van der Waals surface area (Å²) in [5.41, 5.74) is 5.98. The van der Waals surface area contributed by atoms with E-state index >= 15 is 0 Å². The van der Waals surface area contributed by atoms with E-state index in [1.54, 1.807) is 0 Å². The summed E-state index contributed by atoms with van der Waals surface area (Å²) < 4.78 is 57.5. The smallest absolute Gasteiger partial charge is 0.279 e. The molecule has 0 aliphatic heterocycles. The first-order valence-corrected chi connectivity index (χ1v) is 15.8. The van der Waals surface area contributed by atoms with E-state index in [1.165, 1.54) is 82.4 Å². The number of aryl methyl sites for hydroxylation is 3. The van der Waals surface area contributed by atoms with E-state index in [1.807, 2.05) is 0 Å². The van der Waals surface area contributed by atoms with E-state index in [9.17, 15) is 13.2 Å². The highest BCUT2D eigenvalue weighted by Crippen LogP contribution is 2.50. The lowest BCUT2D eigenvalue weighted by atomic mass is 9.79. The maximum absolute atomic E-state index is 10.7. The summed E-state index contributed by atoms with van der Waals surface area (Å²) in [7, 11) is -5.84. The molecule has 3 nitrogen and oxygen atoms in total. The molecule has 7 aromatic carbocycles. The Balaban J connectivity index is 0.000000397. The largest absolute Gasteiger partial charge is 0.522 e. The van der Waals surface area contributed by atoms with Crippen LogP contribution in [0.4, 0.5) is 13.2 Å². The summed E-state index contributed by atoms with van der Waals surface area (Å²) in [5, 5.41) is 7.93. The lowest BCUT2D eigenvalue weighted by Gasteiger charge is -2.24. The van der Waals surface area contributed by atoms with Crippen LogP contribution in [0.25, 0.3) is 65.7 Å². The number of hydrogen-bond donors (Lipinski definition) is 1. The third kappa shape index (κ3) is 5.65. The van der Waals surface area contributed by atoms with Gasteiger partial charge in [0.1, 0.15) is 0 Å². The number of benzene rings is 7. The van der Waals surface area contributed by atoms with Gasteiger partial charge in [-0.15, -0.1) is 0 Å². The summed E-state index contributed by atoms with van der Waals surface area (Å²) in [6, 6.07) is 43.1. The molecule has 0 aliphatic rings. The van der Waals surface area contributed by atoms with Crippen LogP contribution in [0.3, 0.4) is 0 Å². The number of alkyl halides is 3. The van der Waals surface area contributed by atoms with Crippen molar-refractivity contribution in [2.75, 3.05) is 0 Å². The minimum atomic E-state index is -5.84. The molecule has 0 spiro atoms. The van der Waals surface area contributed by atoms with Crippen LogP contribution >= 0.6 is 0 Å². The maximum atomic E-state index is 10.7. The van der Waals surface area contributed by atoms with Crippen molar-refractivity contribution in [2.45, 2.75) is 26.3 Å². The first-order chi connectivity index (χ1) is 21.3. The summed E-state index contributed by atoms with van der Waals surface area (Å²) in [6.45, 7) is 6.48. The Morgan fingerprint density at radius 2 is 0.822 bits per heavy atom. The molecule has 7 heteroatoms. The van der Waals surface area contributed by atoms with E-state index in [4.69, 9.17) is 13.0 Å². The zero-order valence-corrected chi connectivity index (χ0v) is 25.6. The quantitative estimate of drug-likeness (QED) is 0.121. The minimum absolute atomic E-state index is 1.25. The molecule has 1 N–H and O–H groups in total. The molecule has 226 valence electrons. The van der Waals surface area contributed by atoms with Crippen LogP contribution in [0.15, 0.2) is 115 Å². The monoisotopic (exact) mass is 622 g/mol. The van der Waals surface area contributed by atoms with Gasteiger partial charge in [0.05, 0.1) is 0 Å². The van der Waals surface area contributed by atoms with Crippen molar-refractivity contribution in [3.05, 3.63) is 132 Å². The zero-order valence-electron chi connectivity index (χ0n) is 24.8. The van der Waals surface area contributed by atoms with Crippen molar-refractivity contribution in [1.29, 1.82) is 0 Å². The van der Waals surface area contributed by atoms with Crippen LogP contribution < -0.4 is 0 Å². The molecular weight excluding hydrogens is 593 g/mol. The van der Waals surface area contributed by atoms with Crippen molar-refractivity contribution in [3.63, 3.8) is 0 Å². The van der Waals surface area contributed by atoms with Crippen molar-refractivity contribution < 1.29 is 26.1 Å². The van der Waals surface area contributed by atoms with Crippen molar-refractivity contribution >= 4 is 42.4 Å². The molecule has 0 heterocycles. The summed E-state index contributed by atoms with van der Waals surface area (Å²) in [6.07, 6.45) is 0. The Hall–Kier alpha value is -4.72. The van der Waals surface area contributed by atoms with Gasteiger partial charge in [0.25, 0.3) is 0 Å². The van der Waals surface area contributed by atoms with Gasteiger partial charge in [0.2, 0.25) is 0 Å². The number of rotatable bonds is 3. The lowest BCUT2D eigenvalue weighted by molar-refractivity contribution is -0.0510. The Labute approximate surface area is 259 Å². The summed E-state index contributed by atoms with van der Waals surface area (Å²) in [4.78, 5) is 0. The van der Waals surface area contributed by atoms with E-state index in [2.05, 4.69) is 136 Å². The molecule has 0 radical (unpaired) electrons. The first kappa shape index (κ1) is 30.3. The predicted molar refractivity (Wildman–Crippen MR) is 178 cm³/mol. The van der Waals surface area contributed by atoms with Crippen LogP contribution in [-0.4, -0.2) is 18.5 Å². The number of halogens is 3.